The molecule has 1 N–H and O–H groups in total. The van der Waals surface area contributed by atoms with E-state index in [0.29, 0.717) is 0 Å². The van der Waals surface area contributed by atoms with Crippen molar-refractivity contribution in [1.29, 1.82) is 0 Å². The number of aromatic nitrogens is 3. The highest BCUT2D eigenvalue weighted by Gasteiger charge is 2.05. The summed E-state index contributed by atoms with van der Waals surface area (Å²) in [7, 11) is 0. The fourth-order valence-electron chi connectivity index (χ4n) is 2.04. The summed E-state index contributed by atoms with van der Waals surface area (Å²) in [5, 5.41) is 16.1. The summed E-state index contributed by atoms with van der Waals surface area (Å²) < 4.78 is 0. The van der Waals surface area contributed by atoms with Crippen LogP contribution in [0.5, 0.6) is 0 Å². The molecular weight excluding hydrogens is 256 g/mol. The van der Waals surface area contributed by atoms with Crippen LogP contribution in [0.2, 0.25) is 0 Å². The molecule has 0 amide bonds. The Morgan fingerprint density at radius 3 is 2.79 bits per heavy atom. The standard InChI is InChI=1S/C14H14N4S/c1-10-12-4-2-3-5-13(12)14(18-17-10)15-7-6-11-8-19-9-16-11/h2-5,8-9H,6-7H2,1H3,(H,15,18). The predicted octanol–water partition coefficient (Wildman–Crippen LogP) is 3.05. The minimum absolute atomic E-state index is 0.811. The number of benzene rings is 1. The van der Waals surface area contributed by atoms with Gasteiger partial charge >= 0.3 is 0 Å². The van der Waals surface area contributed by atoms with Crippen molar-refractivity contribution in [3.05, 3.63) is 46.5 Å². The van der Waals surface area contributed by atoms with Gasteiger partial charge in [0, 0.05) is 29.1 Å². The molecule has 3 aromatic rings. The zero-order chi connectivity index (χ0) is 13.1. The normalized spacial score (nSPS) is 10.8. The summed E-state index contributed by atoms with van der Waals surface area (Å²) in [6.07, 6.45) is 0.896. The Hall–Kier alpha value is -2.01. The molecule has 0 unspecified atom stereocenters. The van der Waals surface area contributed by atoms with Crippen molar-refractivity contribution >= 4 is 27.9 Å². The van der Waals surface area contributed by atoms with Crippen LogP contribution in [0.4, 0.5) is 5.82 Å². The molecule has 1 aromatic carbocycles. The summed E-state index contributed by atoms with van der Waals surface area (Å²) >= 11 is 1.62. The number of anilines is 1. The third-order valence-corrected chi connectivity index (χ3v) is 3.66. The highest BCUT2D eigenvalue weighted by molar-refractivity contribution is 7.07. The molecular formula is C14H14N4S. The molecule has 3 rings (SSSR count). The van der Waals surface area contributed by atoms with Crippen LogP contribution >= 0.6 is 11.3 Å². The summed E-state index contributed by atoms with van der Waals surface area (Å²) in [4.78, 5) is 4.27. The second-order valence-electron chi connectivity index (χ2n) is 4.34. The maximum Gasteiger partial charge on any atom is 0.156 e. The van der Waals surface area contributed by atoms with Crippen LogP contribution in [0.25, 0.3) is 10.8 Å². The summed E-state index contributed by atoms with van der Waals surface area (Å²) in [5.41, 5.74) is 3.93. The first-order chi connectivity index (χ1) is 9.34. The van der Waals surface area contributed by atoms with E-state index in [1.54, 1.807) is 11.3 Å². The number of hydrogen-bond acceptors (Lipinski definition) is 5. The van der Waals surface area contributed by atoms with Crippen molar-refractivity contribution in [2.75, 3.05) is 11.9 Å². The topological polar surface area (TPSA) is 50.7 Å². The van der Waals surface area contributed by atoms with Crippen LogP contribution < -0.4 is 5.32 Å². The van der Waals surface area contributed by atoms with E-state index < -0.39 is 0 Å². The van der Waals surface area contributed by atoms with E-state index in [2.05, 4.69) is 38.0 Å². The van der Waals surface area contributed by atoms with Crippen molar-refractivity contribution in [2.24, 2.45) is 0 Å². The minimum atomic E-state index is 0.811. The van der Waals surface area contributed by atoms with E-state index in [1.165, 1.54) is 0 Å². The lowest BCUT2D eigenvalue weighted by atomic mass is 10.1. The highest BCUT2D eigenvalue weighted by Crippen LogP contribution is 2.22. The molecule has 96 valence electrons. The van der Waals surface area contributed by atoms with E-state index in [0.717, 1.165) is 40.9 Å². The van der Waals surface area contributed by atoms with Crippen molar-refractivity contribution in [3.8, 4) is 0 Å². The fraction of sp³-hybridized carbons (Fsp3) is 0.214. The van der Waals surface area contributed by atoms with Gasteiger partial charge in [-0.05, 0) is 6.92 Å². The Bertz CT molecular complexity index is 679. The SMILES string of the molecule is Cc1nnc(NCCc2cscn2)c2ccccc12. The Kier molecular flexibility index (Phi) is 3.37. The first-order valence-corrected chi connectivity index (χ1v) is 7.12. The van der Waals surface area contributed by atoms with Crippen LogP contribution in [-0.4, -0.2) is 21.7 Å². The van der Waals surface area contributed by atoms with E-state index in [4.69, 9.17) is 0 Å². The summed E-state index contributed by atoms with van der Waals surface area (Å²) in [6.45, 7) is 2.79. The van der Waals surface area contributed by atoms with E-state index >= 15 is 0 Å². The lowest BCUT2D eigenvalue weighted by Gasteiger charge is -2.08. The number of thiazole rings is 1. The molecule has 0 aliphatic carbocycles. The average molecular weight is 270 g/mol. The first-order valence-electron chi connectivity index (χ1n) is 6.17. The maximum absolute atomic E-state index is 4.27. The summed E-state index contributed by atoms with van der Waals surface area (Å²) in [5.74, 6) is 0.844. The van der Waals surface area contributed by atoms with Gasteiger partial charge in [-0.2, -0.15) is 5.10 Å². The Balaban J connectivity index is 1.79. The highest BCUT2D eigenvalue weighted by atomic mass is 32.1. The third-order valence-electron chi connectivity index (χ3n) is 3.03. The van der Waals surface area contributed by atoms with E-state index in [-0.39, 0.29) is 0 Å². The van der Waals surface area contributed by atoms with Gasteiger partial charge in [-0.3, -0.25) is 0 Å². The number of aryl methyl sites for hydroxylation is 1. The molecule has 0 atom stereocenters. The van der Waals surface area contributed by atoms with Gasteiger partial charge in [0.05, 0.1) is 16.9 Å². The fourth-order valence-corrected chi connectivity index (χ4v) is 2.63. The molecule has 4 nitrogen and oxygen atoms in total. The van der Waals surface area contributed by atoms with Crippen LogP contribution in [0, 0.1) is 6.92 Å². The van der Waals surface area contributed by atoms with E-state index in [1.807, 2.05) is 24.6 Å². The Morgan fingerprint density at radius 1 is 1.16 bits per heavy atom. The van der Waals surface area contributed by atoms with Gasteiger partial charge in [-0.1, -0.05) is 24.3 Å². The number of fused-ring (bicyclic) bond motifs is 1. The molecule has 2 heterocycles. The molecule has 2 aromatic heterocycles. The average Bonchev–Trinajstić information content (AvgIpc) is 2.95. The molecule has 0 radical (unpaired) electrons. The molecule has 19 heavy (non-hydrogen) atoms. The van der Waals surface area contributed by atoms with Gasteiger partial charge < -0.3 is 5.32 Å². The van der Waals surface area contributed by atoms with Crippen molar-refractivity contribution in [2.45, 2.75) is 13.3 Å². The molecule has 0 aliphatic heterocycles. The number of nitrogens with zero attached hydrogens (tertiary/aromatic N) is 3. The van der Waals surface area contributed by atoms with E-state index in [9.17, 15) is 0 Å². The monoisotopic (exact) mass is 270 g/mol. The lowest BCUT2D eigenvalue weighted by Crippen LogP contribution is -2.08. The second kappa shape index (κ2) is 5.32. The van der Waals surface area contributed by atoms with Crippen molar-refractivity contribution in [1.82, 2.24) is 15.2 Å². The molecule has 0 saturated carbocycles. The lowest BCUT2D eigenvalue weighted by molar-refractivity contribution is 0.942. The Morgan fingerprint density at radius 2 is 2.00 bits per heavy atom. The molecule has 5 heteroatoms. The number of nitrogens with one attached hydrogen (secondary N) is 1. The molecule has 0 fully saturated rings. The molecule has 0 spiro atoms. The quantitative estimate of drug-likeness (QED) is 0.791. The van der Waals surface area contributed by atoms with Gasteiger partial charge in [-0.15, -0.1) is 16.4 Å². The van der Waals surface area contributed by atoms with Crippen LogP contribution in [-0.2, 0) is 6.42 Å². The van der Waals surface area contributed by atoms with Crippen molar-refractivity contribution in [3.63, 3.8) is 0 Å². The van der Waals surface area contributed by atoms with Crippen LogP contribution in [0.3, 0.4) is 0 Å². The van der Waals surface area contributed by atoms with Gasteiger partial charge in [0.25, 0.3) is 0 Å². The zero-order valence-corrected chi connectivity index (χ0v) is 11.4. The van der Waals surface area contributed by atoms with Gasteiger partial charge in [0.1, 0.15) is 0 Å². The number of hydrogen-bond donors (Lipinski definition) is 1. The smallest absolute Gasteiger partial charge is 0.156 e. The zero-order valence-electron chi connectivity index (χ0n) is 10.6. The third kappa shape index (κ3) is 2.56. The van der Waals surface area contributed by atoms with Crippen LogP contribution in [0.15, 0.2) is 35.2 Å². The van der Waals surface area contributed by atoms with Crippen molar-refractivity contribution < 1.29 is 0 Å². The molecule has 0 bridgehead atoms. The Labute approximate surface area is 115 Å². The molecule has 0 saturated heterocycles. The predicted molar refractivity (Wildman–Crippen MR) is 78.6 cm³/mol. The van der Waals surface area contributed by atoms with Gasteiger partial charge in [0.15, 0.2) is 5.82 Å². The maximum atomic E-state index is 4.27. The summed E-state index contributed by atoms with van der Waals surface area (Å²) in [6, 6.07) is 8.19. The number of rotatable bonds is 4. The van der Waals surface area contributed by atoms with Crippen LogP contribution in [0.1, 0.15) is 11.4 Å². The van der Waals surface area contributed by atoms with Gasteiger partial charge in [0.2, 0.25) is 0 Å². The second-order valence-corrected chi connectivity index (χ2v) is 5.05. The first kappa shape index (κ1) is 12.0. The largest absolute Gasteiger partial charge is 0.368 e. The minimum Gasteiger partial charge on any atom is -0.368 e. The van der Waals surface area contributed by atoms with Gasteiger partial charge in [-0.25, -0.2) is 4.98 Å². The molecule has 0 aliphatic rings.